The maximum atomic E-state index is 13.6. The van der Waals surface area contributed by atoms with E-state index in [1.165, 1.54) is 28.8 Å². The van der Waals surface area contributed by atoms with Gasteiger partial charge >= 0.3 is 0 Å². The molecule has 9 nitrogen and oxygen atoms in total. The van der Waals surface area contributed by atoms with Crippen LogP contribution in [-0.2, 0) is 20.9 Å². The van der Waals surface area contributed by atoms with E-state index in [0.717, 1.165) is 5.56 Å². The molecule has 0 spiro atoms. The van der Waals surface area contributed by atoms with E-state index in [0.29, 0.717) is 40.1 Å². The summed E-state index contributed by atoms with van der Waals surface area (Å²) in [6.07, 6.45) is 0.791. The number of amides is 3. The van der Waals surface area contributed by atoms with Gasteiger partial charge in [-0.15, -0.1) is 0 Å². The van der Waals surface area contributed by atoms with E-state index in [2.05, 4.69) is 10.6 Å². The summed E-state index contributed by atoms with van der Waals surface area (Å²) >= 11 is 1.20. The number of amidine groups is 2. The van der Waals surface area contributed by atoms with Crippen molar-refractivity contribution in [3.8, 4) is 5.75 Å². The number of hydrogen-bond donors (Lipinski definition) is 2. The number of fused-ring (bicyclic) bond motifs is 3. The maximum Gasteiger partial charge on any atom is 0.259 e. The minimum atomic E-state index is -0.765. The molecule has 0 saturated carbocycles. The molecule has 2 aliphatic heterocycles. The van der Waals surface area contributed by atoms with Crippen molar-refractivity contribution in [2.75, 3.05) is 12.4 Å². The normalized spacial score (nSPS) is 16.1. The van der Waals surface area contributed by atoms with Crippen molar-refractivity contribution in [2.45, 2.75) is 44.0 Å². The Kier molecular flexibility index (Phi) is 8.97. The van der Waals surface area contributed by atoms with E-state index in [1.54, 1.807) is 43.5 Å². The molecule has 3 amide bonds. The zero-order valence-corrected chi connectivity index (χ0v) is 24.0. The summed E-state index contributed by atoms with van der Waals surface area (Å²) in [6.45, 7) is 2.16. The second kappa shape index (κ2) is 13.0. The van der Waals surface area contributed by atoms with Crippen LogP contribution in [0.25, 0.3) is 0 Å². The van der Waals surface area contributed by atoms with E-state index in [9.17, 15) is 18.8 Å². The molecule has 0 aliphatic carbocycles. The van der Waals surface area contributed by atoms with Gasteiger partial charge in [-0.1, -0.05) is 49.0 Å². The molecule has 0 fully saturated rings. The highest BCUT2D eigenvalue weighted by atomic mass is 32.2. The van der Waals surface area contributed by atoms with E-state index >= 15 is 0 Å². The predicted molar refractivity (Wildman–Crippen MR) is 161 cm³/mol. The van der Waals surface area contributed by atoms with Gasteiger partial charge in [0.1, 0.15) is 23.4 Å². The smallest absolute Gasteiger partial charge is 0.259 e. The molecule has 0 aromatic heterocycles. The number of benzene rings is 3. The molecule has 0 radical (unpaired) electrons. The number of para-hydroxylation sites is 1. The molecule has 3 aromatic carbocycles. The number of carbonyl (C=O) groups excluding carboxylic acids is 3. The largest absolute Gasteiger partial charge is 0.497 e. The molecule has 0 saturated heterocycles. The second-order valence-corrected chi connectivity index (χ2v) is 10.9. The van der Waals surface area contributed by atoms with Crippen LogP contribution in [-0.4, -0.2) is 52.0 Å². The molecule has 2 atom stereocenters. The number of rotatable bonds is 10. The number of anilines is 1. The first-order chi connectivity index (χ1) is 20.4. The lowest BCUT2D eigenvalue weighted by molar-refractivity contribution is -0.125. The number of halogens is 1. The van der Waals surface area contributed by atoms with Crippen molar-refractivity contribution >= 4 is 51.9 Å². The highest BCUT2D eigenvalue weighted by molar-refractivity contribution is 8.15. The number of aliphatic imine (C=N–C) groups is 2. The van der Waals surface area contributed by atoms with Crippen molar-refractivity contribution < 1.29 is 23.5 Å². The van der Waals surface area contributed by atoms with Crippen LogP contribution in [0.1, 0.15) is 37.3 Å². The molecular formula is C31H30FN5O4S. The van der Waals surface area contributed by atoms with Crippen LogP contribution in [0.2, 0.25) is 0 Å². The van der Waals surface area contributed by atoms with Crippen LogP contribution in [0.4, 0.5) is 15.8 Å². The number of methoxy groups -OCH3 is 1. The van der Waals surface area contributed by atoms with Gasteiger partial charge in [0.05, 0.1) is 18.0 Å². The van der Waals surface area contributed by atoms with Crippen molar-refractivity contribution in [2.24, 2.45) is 9.98 Å². The number of thioether (sulfide) groups is 1. The third-order valence-corrected chi connectivity index (χ3v) is 8.16. The molecule has 2 N–H and O–H groups in total. The van der Waals surface area contributed by atoms with Crippen molar-refractivity contribution in [1.82, 2.24) is 10.2 Å². The summed E-state index contributed by atoms with van der Waals surface area (Å²) < 4.78 is 18.4. The van der Waals surface area contributed by atoms with Crippen LogP contribution in [0.5, 0.6) is 5.75 Å². The van der Waals surface area contributed by atoms with Gasteiger partial charge in [-0.2, -0.15) is 0 Å². The Morgan fingerprint density at radius 3 is 2.64 bits per heavy atom. The number of hydrogen-bond acceptors (Lipinski definition) is 7. The first kappa shape index (κ1) is 29.0. The van der Waals surface area contributed by atoms with Gasteiger partial charge in [-0.25, -0.2) is 14.3 Å². The average Bonchev–Trinajstić information content (AvgIpc) is 3.34. The number of nitrogens with zero attached hydrogens (tertiary/aromatic N) is 3. The van der Waals surface area contributed by atoms with E-state index in [-0.39, 0.29) is 42.9 Å². The lowest BCUT2D eigenvalue weighted by Gasteiger charge is -2.27. The number of carbonyl (C=O) groups is 3. The summed E-state index contributed by atoms with van der Waals surface area (Å²) in [6, 6.07) is 19.6. The van der Waals surface area contributed by atoms with Crippen LogP contribution in [0.15, 0.2) is 82.8 Å². The highest BCUT2D eigenvalue weighted by Gasteiger charge is 2.42. The molecule has 2 heterocycles. The van der Waals surface area contributed by atoms with Gasteiger partial charge < -0.3 is 15.4 Å². The summed E-state index contributed by atoms with van der Waals surface area (Å²) in [5.41, 5.74) is 2.75. The molecule has 42 heavy (non-hydrogen) atoms. The van der Waals surface area contributed by atoms with E-state index < -0.39 is 11.3 Å². The van der Waals surface area contributed by atoms with Crippen LogP contribution >= 0.6 is 11.8 Å². The van der Waals surface area contributed by atoms with Gasteiger partial charge in [0.25, 0.3) is 5.91 Å². The summed E-state index contributed by atoms with van der Waals surface area (Å²) in [7, 11) is 1.56. The third kappa shape index (κ3) is 6.52. The van der Waals surface area contributed by atoms with E-state index in [4.69, 9.17) is 14.7 Å². The first-order valence-electron chi connectivity index (χ1n) is 13.6. The highest BCUT2D eigenvalue weighted by Crippen LogP contribution is 2.36. The molecule has 5 rings (SSSR count). The zero-order chi connectivity index (χ0) is 29.6. The lowest BCUT2D eigenvalue weighted by Crippen LogP contribution is -2.42. The fraction of sp³-hybridized carbons (Fsp3) is 0.258. The fourth-order valence-corrected chi connectivity index (χ4v) is 5.62. The van der Waals surface area contributed by atoms with Gasteiger partial charge in [-0.05, 0) is 54.8 Å². The van der Waals surface area contributed by atoms with Gasteiger partial charge in [0.2, 0.25) is 11.8 Å². The van der Waals surface area contributed by atoms with Crippen LogP contribution in [0.3, 0.4) is 0 Å². The van der Waals surface area contributed by atoms with Crippen LogP contribution in [0, 0.1) is 5.82 Å². The molecule has 3 aromatic rings. The second-order valence-electron chi connectivity index (χ2n) is 9.73. The average molecular weight is 588 g/mol. The third-order valence-electron chi connectivity index (χ3n) is 6.84. The fourth-order valence-electron chi connectivity index (χ4n) is 4.60. The Labute approximate surface area is 247 Å². The minimum absolute atomic E-state index is 0.0873. The standard InChI is InChI=1S/C31H30FN5O4S/c1-3-26(29(39)34-21-7-6-8-22(17-21)41-2)42-31-36-24-10-5-4-9-23(24)28-35-25(30(40)37(28)31)15-16-27(38)33-18-19-11-13-20(32)14-12-19/h4-14,17,25-26H,3,15-16,18H2,1-2H3,(H,33,38)(H,34,39)/t25-,26+/m0/s1. The molecule has 11 heteroatoms. The Morgan fingerprint density at radius 2 is 1.88 bits per heavy atom. The maximum absolute atomic E-state index is 13.6. The molecule has 2 aliphatic rings. The monoisotopic (exact) mass is 587 g/mol. The van der Waals surface area contributed by atoms with Gasteiger partial charge in [-0.3, -0.25) is 19.4 Å². The zero-order valence-electron chi connectivity index (χ0n) is 23.2. The molecule has 0 unspecified atom stereocenters. The number of ether oxygens (including phenoxy) is 1. The Hall–Kier alpha value is -4.51. The molecule has 0 bridgehead atoms. The Balaban J connectivity index is 1.28. The number of nitrogens with one attached hydrogen (secondary N) is 2. The SMILES string of the molecule is CC[C@@H](SC1=Nc2ccccc2C2=N[C@@H](CCC(=O)NCc3ccc(F)cc3)C(=O)N12)C(=O)Nc1cccc(OC)c1. The van der Waals surface area contributed by atoms with Crippen LogP contribution < -0.4 is 15.4 Å². The molecule has 216 valence electrons. The van der Waals surface area contributed by atoms with Crippen molar-refractivity contribution in [1.29, 1.82) is 0 Å². The quantitative estimate of drug-likeness (QED) is 0.345. The topological polar surface area (TPSA) is 112 Å². The summed E-state index contributed by atoms with van der Waals surface area (Å²) in [5, 5.41) is 5.56. The van der Waals surface area contributed by atoms with Gasteiger partial charge in [0.15, 0.2) is 5.17 Å². The Morgan fingerprint density at radius 1 is 1.10 bits per heavy atom. The van der Waals surface area contributed by atoms with E-state index in [1.807, 2.05) is 31.2 Å². The predicted octanol–water partition coefficient (Wildman–Crippen LogP) is 5.04. The minimum Gasteiger partial charge on any atom is -0.497 e. The lowest BCUT2D eigenvalue weighted by atomic mass is 10.1. The Bertz CT molecular complexity index is 1560. The summed E-state index contributed by atoms with van der Waals surface area (Å²) in [4.78, 5) is 50.3. The first-order valence-corrected chi connectivity index (χ1v) is 14.5. The van der Waals surface area contributed by atoms with Crippen molar-refractivity contribution in [3.05, 3.63) is 89.7 Å². The summed E-state index contributed by atoms with van der Waals surface area (Å²) in [5.74, 6) is -0.00257. The van der Waals surface area contributed by atoms with Crippen molar-refractivity contribution in [3.63, 3.8) is 0 Å². The molecular weight excluding hydrogens is 557 g/mol. The van der Waals surface area contributed by atoms with Gasteiger partial charge in [0, 0.05) is 30.3 Å².